The summed E-state index contributed by atoms with van der Waals surface area (Å²) in [5.74, 6) is -1.88. The molecule has 134 valence electrons. The lowest BCUT2D eigenvalue weighted by molar-refractivity contribution is -0.122. The van der Waals surface area contributed by atoms with Crippen LogP contribution in [0.1, 0.15) is 34.4 Å². The Bertz CT molecular complexity index is 1040. The quantitative estimate of drug-likeness (QED) is 0.628. The van der Waals surface area contributed by atoms with Crippen molar-refractivity contribution in [3.63, 3.8) is 0 Å². The van der Waals surface area contributed by atoms with Gasteiger partial charge >= 0.3 is 5.97 Å². The average Bonchev–Trinajstić information content (AvgIpc) is 3.18. The number of nitriles is 1. The van der Waals surface area contributed by atoms with Crippen molar-refractivity contribution < 1.29 is 14.3 Å². The molecule has 3 heterocycles. The maximum absolute atomic E-state index is 12.6. The molecule has 0 amide bonds. The summed E-state index contributed by atoms with van der Waals surface area (Å²) in [6.45, 7) is 3.03. The van der Waals surface area contributed by atoms with Crippen molar-refractivity contribution in [1.29, 1.82) is 10.7 Å². The van der Waals surface area contributed by atoms with Crippen LogP contribution in [0.25, 0.3) is 10.2 Å². The van der Waals surface area contributed by atoms with Gasteiger partial charge in [-0.15, -0.1) is 11.3 Å². The lowest BCUT2D eigenvalue weighted by Gasteiger charge is -2.07. The first-order chi connectivity index (χ1) is 12.3. The van der Waals surface area contributed by atoms with Crippen LogP contribution in [0.5, 0.6) is 0 Å². The van der Waals surface area contributed by atoms with E-state index in [2.05, 4.69) is 4.98 Å². The van der Waals surface area contributed by atoms with Gasteiger partial charge in [-0.2, -0.15) is 5.26 Å². The monoisotopic (exact) mass is 372 g/mol. The molecule has 0 saturated carbocycles. The predicted octanol–water partition coefficient (Wildman–Crippen LogP) is 1.62. The fraction of sp³-hybridized carbons (Fsp3) is 0.412. The molecule has 1 atom stereocenters. The standard InChI is InChI=1S/C17H16N4O4S/c1-8-13-15(20-12-4-3-5-21(12)16(13)23)26-14(8)17(24)25-7-11(22)10(6-18)9(2)19/h10,19H,3-5,7H2,1-2H3/t10-/m0/s1. The van der Waals surface area contributed by atoms with Crippen LogP contribution in [0.4, 0.5) is 0 Å². The second-order valence-corrected chi connectivity index (χ2v) is 7.11. The molecule has 0 unspecified atom stereocenters. The van der Waals surface area contributed by atoms with Gasteiger partial charge in [0.05, 0.1) is 11.5 Å². The molecule has 0 saturated heterocycles. The molecule has 0 aromatic carbocycles. The summed E-state index contributed by atoms with van der Waals surface area (Å²) in [6.07, 6.45) is 1.61. The second kappa shape index (κ2) is 6.80. The van der Waals surface area contributed by atoms with E-state index in [1.54, 1.807) is 17.6 Å². The van der Waals surface area contributed by atoms with Crippen molar-refractivity contribution in [2.24, 2.45) is 5.92 Å². The first kappa shape index (κ1) is 17.9. The Balaban J connectivity index is 1.86. The number of thiophene rings is 1. The number of carbonyl (C=O) groups is 2. The van der Waals surface area contributed by atoms with Gasteiger partial charge in [0.15, 0.2) is 12.4 Å². The topological polar surface area (TPSA) is 126 Å². The largest absolute Gasteiger partial charge is 0.453 e. The van der Waals surface area contributed by atoms with Crippen molar-refractivity contribution in [2.45, 2.75) is 33.2 Å². The molecule has 8 nitrogen and oxygen atoms in total. The Kier molecular flexibility index (Phi) is 4.70. The van der Waals surface area contributed by atoms with E-state index in [0.717, 1.165) is 30.0 Å². The van der Waals surface area contributed by atoms with Crippen molar-refractivity contribution in [3.05, 3.63) is 26.6 Å². The summed E-state index contributed by atoms with van der Waals surface area (Å²) in [4.78, 5) is 42.0. The molecule has 1 N–H and O–H groups in total. The van der Waals surface area contributed by atoms with E-state index in [0.29, 0.717) is 22.3 Å². The zero-order valence-electron chi connectivity index (χ0n) is 14.3. The molecule has 0 radical (unpaired) electrons. The Morgan fingerprint density at radius 2 is 2.23 bits per heavy atom. The van der Waals surface area contributed by atoms with Crippen LogP contribution in [-0.4, -0.2) is 33.6 Å². The zero-order valence-corrected chi connectivity index (χ0v) is 15.1. The number of ketones is 1. The van der Waals surface area contributed by atoms with Gasteiger partial charge in [0.25, 0.3) is 5.56 Å². The number of hydrogen-bond acceptors (Lipinski definition) is 8. The van der Waals surface area contributed by atoms with Crippen LogP contribution < -0.4 is 5.56 Å². The number of aromatic nitrogens is 2. The van der Waals surface area contributed by atoms with E-state index in [1.807, 2.05) is 0 Å². The Morgan fingerprint density at radius 3 is 2.88 bits per heavy atom. The number of esters is 1. The molecular formula is C17H16N4O4S. The lowest BCUT2D eigenvalue weighted by Crippen LogP contribution is -2.25. The van der Waals surface area contributed by atoms with E-state index in [9.17, 15) is 14.4 Å². The molecular weight excluding hydrogens is 356 g/mol. The number of fused-ring (bicyclic) bond motifs is 2. The minimum absolute atomic E-state index is 0.0988. The Hall–Kier alpha value is -2.86. The molecule has 26 heavy (non-hydrogen) atoms. The summed E-state index contributed by atoms with van der Waals surface area (Å²) in [5.41, 5.74) is 0.232. The number of Topliss-reactive ketones (excluding diaryl/α,β-unsaturated/α-hetero) is 1. The number of carbonyl (C=O) groups excluding carboxylic acids is 2. The third-order valence-electron chi connectivity index (χ3n) is 4.33. The van der Waals surface area contributed by atoms with Crippen LogP contribution in [0.2, 0.25) is 0 Å². The number of nitrogens with one attached hydrogen (secondary N) is 1. The Labute approximate surface area is 152 Å². The summed E-state index contributed by atoms with van der Waals surface area (Å²) in [7, 11) is 0. The van der Waals surface area contributed by atoms with Crippen molar-refractivity contribution in [2.75, 3.05) is 6.61 Å². The number of ether oxygens (including phenoxy) is 1. The third kappa shape index (κ3) is 2.93. The molecule has 0 fully saturated rings. The fourth-order valence-electron chi connectivity index (χ4n) is 2.97. The molecule has 2 aromatic rings. The minimum atomic E-state index is -1.22. The van der Waals surface area contributed by atoms with E-state index < -0.39 is 24.3 Å². The van der Waals surface area contributed by atoms with Crippen molar-refractivity contribution in [1.82, 2.24) is 9.55 Å². The highest BCUT2D eigenvalue weighted by Gasteiger charge is 2.26. The number of rotatable bonds is 5. The lowest BCUT2D eigenvalue weighted by atomic mass is 10.0. The van der Waals surface area contributed by atoms with Gasteiger partial charge in [-0.05, 0) is 25.8 Å². The molecule has 9 heteroatoms. The summed E-state index contributed by atoms with van der Waals surface area (Å²) in [6, 6.07) is 1.71. The average molecular weight is 372 g/mol. The van der Waals surface area contributed by atoms with Gasteiger partial charge < -0.3 is 10.1 Å². The summed E-state index contributed by atoms with van der Waals surface area (Å²) < 4.78 is 6.64. The van der Waals surface area contributed by atoms with Gasteiger partial charge in [-0.1, -0.05) is 0 Å². The molecule has 0 bridgehead atoms. The maximum atomic E-state index is 12.6. The third-order valence-corrected chi connectivity index (χ3v) is 5.49. The Morgan fingerprint density at radius 1 is 1.50 bits per heavy atom. The molecule has 2 aromatic heterocycles. The fourth-order valence-corrected chi connectivity index (χ4v) is 4.05. The van der Waals surface area contributed by atoms with Crippen LogP contribution in [0.3, 0.4) is 0 Å². The highest BCUT2D eigenvalue weighted by Crippen LogP contribution is 2.29. The number of nitrogens with zero attached hydrogens (tertiary/aromatic N) is 3. The first-order valence-corrected chi connectivity index (χ1v) is 8.84. The molecule has 1 aliphatic rings. The van der Waals surface area contributed by atoms with Gasteiger partial charge in [0, 0.05) is 18.7 Å². The second-order valence-electron chi connectivity index (χ2n) is 6.11. The van der Waals surface area contributed by atoms with E-state index in [-0.39, 0.29) is 16.1 Å². The minimum Gasteiger partial charge on any atom is -0.453 e. The van der Waals surface area contributed by atoms with Crippen LogP contribution >= 0.6 is 11.3 Å². The first-order valence-electron chi connectivity index (χ1n) is 8.02. The number of aryl methyl sites for hydroxylation is 2. The molecule has 1 aliphatic heterocycles. The smallest absolute Gasteiger partial charge is 0.349 e. The zero-order chi connectivity index (χ0) is 19.0. The summed E-state index contributed by atoms with van der Waals surface area (Å²) >= 11 is 1.07. The highest BCUT2D eigenvalue weighted by molar-refractivity contribution is 7.20. The van der Waals surface area contributed by atoms with Crippen LogP contribution in [0, 0.1) is 29.6 Å². The predicted molar refractivity (Wildman–Crippen MR) is 94.7 cm³/mol. The van der Waals surface area contributed by atoms with Gasteiger partial charge in [0.1, 0.15) is 21.4 Å². The van der Waals surface area contributed by atoms with Gasteiger partial charge in [-0.25, -0.2) is 9.78 Å². The molecule has 0 aliphatic carbocycles. The van der Waals surface area contributed by atoms with Crippen LogP contribution in [0.15, 0.2) is 4.79 Å². The van der Waals surface area contributed by atoms with E-state index in [1.165, 1.54) is 6.92 Å². The van der Waals surface area contributed by atoms with Crippen molar-refractivity contribution in [3.8, 4) is 6.07 Å². The van der Waals surface area contributed by atoms with Gasteiger partial charge in [0.2, 0.25) is 0 Å². The SMILES string of the molecule is CC(=N)[C@H](C#N)C(=O)COC(=O)c1sc2nc3n(c(=O)c2c1C)CCC3. The summed E-state index contributed by atoms with van der Waals surface area (Å²) in [5, 5.41) is 16.7. The van der Waals surface area contributed by atoms with Gasteiger partial charge in [-0.3, -0.25) is 14.2 Å². The van der Waals surface area contributed by atoms with E-state index in [4.69, 9.17) is 15.4 Å². The highest BCUT2D eigenvalue weighted by atomic mass is 32.1. The maximum Gasteiger partial charge on any atom is 0.349 e. The molecule has 0 spiro atoms. The van der Waals surface area contributed by atoms with Crippen LogP contribution in [-0.2, 0) is 22.5 Å². The number of hydrogen-bond donors (Lipinski definition) is 1. The van der Waals surface area contributed by atoms with E-state index >= 15 is 0 Å². The normalized spacial score (nSPS) is 13.9. The van der Waals surface area contributed by atoms with Crippen molar-refractivity contribution >= 4 is 39.0 Å². The molecule has 3 rings (SSSR count).